The Morgan fingerprint density at radius 1 is 1.44 bits per heavy atom. The Labute approximate surface area is 106 Å². The van der Waals surface area contributed by atoms with Crippen LogP contribution in [0.2, 0.25) is 0 Å². The van der Waals surface area contributed by atoms with Crippen LogP contribution in [0.5, 0.6) is 11.5 Å². The van der Waals surface area contributed by atoms with Gasteiger partial charge in [0.25, 0.3) is 0 Å². The van der Waals surface area contributed by atoms with E-state index in [9.17, 15) is 4.79 Å². The third-order valence-corrected chi connectivity index (χ3v) is 3.13. The third kappa shape index (κ3) is 2.56. The SMILES string of the molecule is CNC(c1ccc2c(c1)OCO2)C(C)CC(=O)O. The van der Waals surface area contributed by atoms with Crippen LogP contribution in [0.3, 0.4) is 0 Å². The van der Waals surface area contributed by atoms with Crippen molar-refractivity contribution in [2.24, 2.45) is 5.92 Å². The van der Waals surface area contributed by atoms with Crippen molar-refractivity contribution in [2.45, 2.75) is 19.4 Å². The lowest BCUT2D eigenvalue weighted by Crippen LogP contribution is -2.25. The Morgan fingerprint density at radius 3 is 2.83 bits per heavy atom. The lowest BCUT2D eigenvalue weighted by molar-refractivity contribution is -0.138. The van der Waals surface area contributed by atoms with E-state index in [-0.39, 0.29) is 25.2 Å². The molecular weight excluding hydrogens is 234 g/mol. The van der Waals surface area contributed by atoms with E-state index >= 15 is 0 Å². The number of aliphatic carboxylic acids is 1. The van der Waals surface area contributed by atoms with Gasteiger partial charge >= 0.3 is 5.97 Å². The van der Waals surface area contributed by atoms with Crippen LogP contribution in [0.15, 0.2) is 18.2 Å². The van der Waals surface area contributed by atoms with Crippen molar-refractivity contribution in [3.63, 3.8) is 0 Å². The molecule has 0 saturated heterocycles. The highest BCUT2D eigenvalue weighted by atomic mass is 16.7. The first-order chi connectivity index (χ1) is 8.61. The van der Waals surface area contributed by atoms with E-state index in [1.165, 1.54) is 0 Å². The Balaban J connectivity index is 2.19. The van der Waals surface area contributed by atoms with Crippen molar-refractivity contribution in [1.29, 1.82) is 0 Å². The number of carbonyl (C=O) groups is 1. The van der Waals surface area contributed by atoms with E-state index in [0.717, 1.165) is 17.1 Å². The van der Waals surface area contributed by atoms with Crippen molar-refractivity contribution < 1.29 is 19.4 Å². The molecule has 1 heterocycles. The summed E-state index contributed by atoms with van der Waals surface area (Å²) in [5, 5.41) is 12.0. The molecule has 1 aliphatic rings. The molecule has 0 aliphatic carbocycles. The van der Waals surface area contributed by atoms with E-state index in [1.807, 2.05) is 32.2 Å². The number of nitrogens with one attached hydrogen (secondary N) is 1. The molecule has 2 N–H and O–H groups in total. The topological polar surface area (TPSA) is 67.8 Å². The average molecular weight is 251 g/mol. The van der Waals surface area contributed by atoms with E-state index in [2.05, 4.69) is 5.32 Å². The minimum atomic E-state index is -0.788. The Kier molecular flexibility index (Phi) is 3.72. The molecule has 2 atom stereocenters. The molecule has 2 rings (SSSR count). The lowest BCUT2D eigenvalue weighted by atomic mass is 9.92. The highest BCUT2D eigenvalue weighted by Gasteiger charge is 2.22. The van der Waals surface area contributed by atoms with Gasteiger partial charge in [-0.2, -0.15) is 0 Å². The molecule has 5 nitrogen and oxygen atoms in total. The molecule has 1 aromatic rings. The van der Waals surface area contributed by atoms with Gasteiger partial charge < -0.3 is 19.9 Å². The van der Waals surface area contributed by atoms with Gasteiger partial charge in [-0.1, -0.05) is 13.0 Å². The van der Waals surface area contributed by atoms with E-state index < -0.39 is 5.97 Å². The number of benzene rings is 1. The van der Waals surface area contributed by atoms with Gasteiger partial charge in [-0.15, -0.1) is 0 Å². The fourth-order valence-electron chi connectivity index (χ4n) is 2.28. The molecule has 1 aromatic carbocycles. The molecule has 0 saturated carbocycles. The van der Waals surface area contributed by atoms with Crippen molar-refractivity contribution in [3.8, 4) is 11.5 Å². The number of carboxylic acid groups (broad SMARTS) is 1. The van der Waals surface area contributed by atoms with Gasteiger partial charge in [-0.3, -0.25) is 4.79 Å². The molecule has 0 radical (unpaired) electrons. The first kappa shape index (κ1) is 12.7. The van der Waals surface area contributed by atoms with Gasteiger partial charge in [0.1, 0.15) is 0 Å². The van der Waals surface area contributed by atoms with E-state index in [1.54, 1.807) is 0 Å². The second kappa shape index (κ2) is 5.27. The molecule has 18 heavy (non-hydrogen) atoms. The van der Waals surface area contributed by atoms with E-state index in [4.69, 9.17) is 14.6 Å². The largest absolute Gasteiger partial charge is 0.481 e. The summed E-state index contributed by atoms with van der Waals surface area (Å²) >= 11 is 0. The molecule has 0 fully saturated rings. The predicted molar refractivity (Wildman–Crippen MR) is 65.8 cm³/mol. The summed E-state index contributed by atoms with van der Waals surface area (Å²) < 4.78 is 10.6. The van der Waals surface area contributed by atoms with Crippen LogP contribution in [-0.4, -0.2) is 24.9 Å². The van der Waals surface area contributed by atoms with Crippen LogP contribution in [0.4, 0.5) is 0 Å². The van der Waals surface area contributed by atoms with Crippen molar-refractivity contribution in [1.82, 2.24) is 5.32 Å². The highest BCUT2D eigenvalue weighted by molar-refractivity contribution is 5.67. The zero-order chi connectivity index (χ0) is 13.1. The Morgan fingerprint density at radius 2 is 2.17 bits per heavy atom. The maximum Gasteiger partial charge on any atom is 0.303 e. The Bertz CT molecular complexity index is 447. The van der Waals surface area contributed by atoms with Gasteiger partial charge in [0.15, 0.2) is 11.5 Å². The van der Waals surface area contributed by atoms with Crippen LogP contribution in [0, 0.1) is 5.92 Å². The normalized spacial score (nSPS) is 16.3. The summed E-state index contributed by atoms with van der Waals surface area (Å²) in [4.78, 5) is 10.8. The molecule has 2 unspecified atom stereocenters. The number of ether oxygens (including phenoxy) is 2. The molecule has 98 valence electrons. The zero-order valence-electron chi connectivity index (χ0n) is 10.5. The smallest absolute Gasteiger partial charge is 0.303 e. The first-order valence-corrected chi connectivity index (χ1v) is 5.90. The number of rotatable bonds is 5. The van der Waals surface area contributed by atoms with Gasteiger partial charge in [0, 0.05) is 12.5 Å². The number of hydrogen-bond donors (Lipinski definition) is 2. The molecule has 0 bridgehead atoms. The minimum Gasteiger partial charge on any atom is -0.481 e. The molecule has 5 heteroatoms. The zero-order valence-corrected chi connectivity index (χ0v) is 10.5. The summed E-state index contributed by atoms with van der Waals surface area (Å²) in [5.74, 6) is 0.658. The summed E-state index contributed by atoms with van der Waals surface area (Å²) in [6.45, 7) is 2.16. The fourth-order valence-corrected chi connectivity index (χ4v) is 2.28. The maximum atomic E-state index is 10.8. The first-order valence-electron chi connectivity index (χ1n) is 5.90. The van der Waals surface area contributed by atoms with Crippen molar-refractivity contribution in [3.05, 3.63) is 23.8 Å². The van der Waals surface area contributed by atoms with Crippen LogP contribution < -0.4 is 14.8 Å². The molecular formula is C13H17NO4. The van der Waals surface area contributed by atoms with Gasteiger partial charge in [0.2, 0.25) is 6.79 Å². The van der Waals surface area contributed by atoms with Crippen LogP contribution in [0.25, 0.3) is 0 Å². The quantitative estimate of drug-likeness (QED) is 0.835. The van der Waals surface area contributed by atoms with Gasteiger partial charge in [-0.05, 0) is 30.7 Å². The number of fused-ring (bicyclic) bond motifs is 1. The Hall–Kier alpha value is -1.75. The summed E-state index contributed by atoms with van der Waals surface area (Å²) in [6, 6.07) is 5.68. The average Bonchev–Trinajstić information content (AvgIpc) is 2.76. The molecule has 0 aromatic heterocycles. The van der Waals surface area contributed by atoms with Crippen LogP contribution in [-0.2, 0) is 4.79 Å². The van der Waals surface area contributed by atoms with Crippen molar-refractivity contribution >= 4 is 5.97 Å². The second-order valence-corrected chi connectivity index (χ2v) is 4.45. The predicted octanol–water partition coefficient (Wildman–Crippen LogP) is 1.79. The standard InChI is InChI=1S/C13H17NO4/c1-8(5-12(15)16)13(14-2)9-3-4-10-11(6-9)18-7-17-10/h3-4,6,8,13-14H,5,7H2,1-2H3,(H,15,16). The maximum absolute atomic E-state index is 10.8. The summed E-state index contributed by atoms with van der Waals surface area (Å²) in [7, 11) is 1.83. The molecule has 0 amide bonds. The third-order valence-electron chi connectivity index (χ3n) is 3.13. The number of hydrogen-bond acceptors (Lipinski definition) is 4. The second-order valence-electron chi connectivity index (χ2n) is 4.45. The molecule has 1 aliphatic heterocycles. The van der Waals surface area contributed by atoms with E-state index in [0.29, 0.717) is 0 Å². The van der Waals surface area contributed by atoms with Gasteiger partial charge in [0.05, 0.1) is 0 Å². The highest BCUT2D eigenvalue weighted by Crippen LogP contribution is 2.36. The number of carboxylic acids is 1. The minimum absolute atomic E-state index is 0.00660. The summed E-state index contributed by atoms with van der Waals surface area (Å²) in [5.41, 5.74) is 1.01. The summed E-state index contributed by atoms with van der Waals surface area (Å²) in [6.07, 6.45) is 0.125. The van der Waals surface area contributed by atoms with Crippen LogP contribution in [0.1, 0.15) is 24.9 Å². The van der Waals surface area contributed by atoms with Crippen molar-refractivity contribution in [2.75, 3.05) is 13.8 Å². The monoisotopic (exact) mass is 251 g/mol. The fraction of sp³-hybridized carbons (Fsp3) is 0.462. The van der Waals surface area contributed by atoms with Crippen LogP contribution >= 0.6 is 0 Å². The van der Waals surface area contributed by atoms with Gasteiger partial charge in [-0.25, -0.2) is 0 Å². The molecule has 0 spiro atoms. The lowest BCUT2D eigenvalue weighted by Gasteiger charge is -2.23.